The Morgan fingerprint density at radius 1 is 1.09 bits per heavy atom. The Morgan fingerprint density at radius 2 is 1.75 bits per heavy atom. The van der Waals surface area contributed by atoms with E-state index in [1.807, 2.05) is 6.92 Å². The summed E-state index contributed by atoms with van der Waals surface area (Å²) in [6.45, 7) is 7.59. The molecule has 1 amide bonds. The van der Waals surface area contributed by atoms with Gasteiger partial charge < -0.3 is 19.1 Å². The molecule has 1 aliphatic rings. The van der Waals surface area contributed by atoms with Crippen molar-refractivity contribution in [1.29, 1.82) is 0 Å². The quantitative estimate of drug-likeness (QED) is 0.208. The van der Waals surface area contributed by atoms with Crippen molar-refractivity contribution in [3.05, 3.63) is 59.7 Å². The van der Waals surface area contributed by atoms with Crippen LogP contribution in [0.2, 0.25) is 0 Å². The predicted molar refractivity (Wildman–Crippen MR) is 162 cm³/mol. The molecule has 1 aliphatic heterocycles. The number of benzene rings is 2. The monoisotopic (exact) mass is 630 g/mol. The summed E-state index contributed by atoms with van der Waals surface area (Å²) in [5.74, 6) is -0.551. The topological polar surface area (TPSA) is 137 Å². The summed E-state index contributed by atoms with van der Waals surface area (Å²) in [4.78, 5) is 49.5. The van der Waals surface area contributed by atoms with E-state index in [1.54, 1.807) is 62.4 Å². The molecule has 44 heavy (non-hydrogen) atoms. The van der Waals surface area contributed by atoms with Crippen LogP contribution < -0.4 is 4.74 Å². The number of esters is 1. The molecule has 3 rings (SSSR count). The number of aryl methyl sites for hydroxylation is 1. The smallest absolute Gasteiger partial charge is 0.415 e. The summed E-state index contributed by atoms with van der Waals surface area (Å²) >= 11 is 0. The van der Waals surface area contributed by atoms with E-state index in [-0.39, 0.29) is 42.7 Å². The van der Waals surface area contributed by atoms with Gasteiger partial charge in [0, 0.05) is 26.9 Å². The Kier molecular flexibility index (Phi) is 12.1. The fraction of sp³-hybridized carbons (Fsp3) is 0.500. The van der Waals surface area contributed by atoms with Crippen LogP contribution in [0.4, 0.5) is 4.79 Å². The van der Waals surface area contributed by atoms with Crippen molar-refractivity contribution in [1.82, 2.24) is 9.21 Å². The van der Waals surface area contributed by atoms with Crippen LogP contribution in [-0.2, 0) is 40.3 Å². The van der Waals surface area contributed by atoms with E-state index < -0.39 is 33.7 Å². The zero-order valence-electron chi connectivity index (χ0n) is 26.0. The standard InChI is InChI=1S/C32H42N2O9S/c1-23-8-14-28(15-9-23)44(39,40)34-16-6-7-29(34)30(37)20-26(21-32(3,4)42-22-35)19-25-10-12-27(13-11-25)43-31(38)33(5)17-18-41-24(2)36/h8-15,22,26,29H,6-7,16-21H2,1-5H3/t26-,29+/m1/s1. The second kappa shape index (κ2) is 15.3. The highest BCUT2D eigenvalue weighted by atomic mass is 32.2. The Morgan fingerprint density at radius 3 is 2.36 bits per heavy atom. The number of nitrogens with zero attached hydrogens (tertiary/aromatic N) is 2. The number of rotatable bonds is 15. The second-order valence-electron chi connectivity index (χ2n) is 11.8. The number of amides is 1. The maximum Gasteiger partial charge on any atom is 0.415 e. The summed E-state index contributed by atoms with van der Waals surface area (Å²) < 4.78 is 43.7. The van der Waals surface area contributed by atoms with Crippen molar-refractivity contribution < 1.29 is 41.8 Å². The number of ketones is 1. The lowest BCUT2D eigenvalue weighted by molar-refractivity contribution is -0.142. The maximum absolute atomic E-state index is 13.7. The Balaban J connectivity index is 1.71. The SMILES string of the molecule is CC(=O)OCCN(C)C(=O)Oc1ccc(C[C@H](CC(=O)[C@@H]2CCCN2S(=O)(=O)c2ccc(C)cc2)CC(C)(C)OC=O)cc1. The summed E-state index contributed by atoms with van der Waals surface area (Å²) in [6.07, 6.45) is 1.35. The predicted octanol–water partition coefficient (Wildman–Crippen LogP) is 4.30. The van der Waals surface area contributed by atoms with Crippen LogP contribution >= 0.6 is 0 Å². The molecule has 1 fully saturated rings. The molecule has 2 atom stereocenters. The minimum atomic E-state index is -3.84. The number of Topliss-reactive ketones (excluding diaryl/α,β-unsaturated/α-hetero) is 1. The van der Waals surface area contributed by atoms with Gasteiger partial charge in [0.25, 0.3) is 6.47 Å². The van der Waals surface area contributed by atoms with Crippen LogP contribution in [0, 0.1) is 12.8 Å². The highest BCUT2D eigenvalue weighted by molar-refractivity contribution is 7.89. The second-order valence-corrected chi connectivity index (χ2v) is 13.7. The molecule has 0 N–H and O–H groups in total. The molecule has 2 aromatic carbocycles. The van der Waals surface area contributed by atoms with E-state index in [2.05, 4.69) is 0 Å². The highest BCUT2D eigenvalue weighted by Gasteiger charge is 2.40. The van der Waals surface area contributed by atoms with Crippen molar-refractivity contribution in [2.45, 2.75) is 76.3 Å². The number of hydrogen-bond acceptors (Lipinski definition) is 9. The third-order valence-corrected chi connectivity index (χ3v) is 9.46. The number of likely N-dealkylation sites (N-methyl/N-ethyl adjacent to an activating group) is 1. The zero-order chi connectivity index (χ0) is 32.5. The third kappa shape index (κ3) is 9.88. The van der Waals surface area contributed by atoms with Crippen molar-refractivity contribution >= 4 is 34.3 Å². The van der Waals surface area contributed by atoms with Gasteiger partial charge >= 0.3 is 12.1 Å². The van der Waals surface area contributed by atoms with Crippen LogP contribution in [0.5, 0.6) is 5.75 Å². The molecule has 1 saturated heterocycles. The summed E-state index contributed by atoms with van der Waals surface area (Å²) in [6, 6.07) is 12.7. The number of sulfonamides is 1. The van der Waals surface area contributed by atoms with Gasteiger partial charge in [-0.25, -0.2) is 13.2 Å². The minimum absolute atomic E-state index is 0.0562. The van der Waals surface area contributed by atoms with Gasteiger partial charge in [0.05, 0.1) is 17.5 Å². The van der Waals surface area contributed by atoms with E-state index in [1.165, 1.54) is 23.2 Å². The first-order valence-corrected chi connectivity index (χ1v) is 16.0. The van der Waals surface area contributed by atoms with Gasteiger partial charge in [-0.15, -0.1) is 0 Å². The molecule has 12 heteroatoms. The van der Waals surface area contributed by atoms with E-state index in [0.717, 1.165) is 11.1 Å². The van der Waals surface area contributed by atoms with Gasteiger partial charge in [0.2, 0.25) is 10.0 Å². The molecular weight excluding hydrogens is 588 g/mol. The Bertz CT molecular complexity index is 1410. The molecule has 1 heterocycles. The summed E-state index contributed by atoms with van der Waals surface area (Å²) in [5.41, 5.74) is 0.960. The van der Waals surface area contributed by atoms with E-state index in [4.69, 9.17) is 14.2 Å². The highest BCUT2D eigenvalue weighted by Crippen LogP contribution is 2.32. The fourth-order valence-corrected chi connectivity index (χ4v) is 7.01. The van der Waals surface area contributed by atoms with Gasteiger partial charge in [-0.1, -0.05) is 29.8 Å². The Hall–Kier alpha value is -3.77. The van der Waals surface area contributed by atoms with Crippen molar-refractivity contribution in [3.63, 3.8) is 0 Å². The van der Waals surface area contributed by atoms with Crippen LogP contribution in [0.25, 0.3) is 0 Å². The first-order chi connectivity index (χ1) is 20.7. The van der Waals surface area contributed by atoms with Gasteiger partial charge in [-0.2, -0.15) is 4.31 Å². The molecule has 2 aromatic rings. The Labute approximate surface area is 259 Å². The molecule has 11 nitrogen and oxygen atoms in total. The normalized spacial score (nSPS) is 16.2. The van der Waals surface area contributed by atoms with Crippen molar-refractivity contribution in [2.75, 3.05) is 26.7 Å². The van der Waals surface area contributed by atoms with Crippen molar-refractivity contribution in [2.24, 2.45) is 5.92 Å². The molecule has 0 radical (unpaired) electrons. The number of hydrogen-bond donors (Lipinski definition) is 0. The lowest BCUT2D eigenvalue weighted by atomic mass is 9.84. The van der Waals surface area contributed by atoms with Crippen molar-refractivity contribution in [3.8, 4) is 5.75 Å². The molecule has 240 valence electrons. The largest absolute Gasteiger partial charge is 0.464 e. The van der Waals surface area contributed by atoms with Crippen LogP contribution in [0.3, 0.4) is 0 Å². The number of ether oxygens (including phenoxy) is 3. The molecule has 0 unspecified atom stereocenters. The maximum atomic E-state index is 13.7. The van der Waals surface area contributed by atoms with Gasteiger partial charge in [0.1, 0.15) is 18.0 Å². The lowest BCUT2D eigenvalue weighted by Crippen LogP contribution is -2.41. The van der Waals surface area contributed by atoms with Crippen LogP contribution in [-0.4, -0.2) is 80.3 Å². The number of carbonyl (C=O) groups excluding carboxylic acids is 4. The first kappa shape index (κ1) is 34.7. The molecule has 0 spiro atoms. The molecule has 0 saturated carbocycles. The van der Waals surface area contributed by atoms with E-state index in [0.29, 0.717) is 37.9 Å². The average molecular weight is 631 g/mol. The van der Waals surface area contributed by atoms with Crippen LogP contribution in [0.15, 0.2) is 53.4 Å². The third-order valence-electron chi connectivity index (χ3n) is 7.54. The van der Waals surface area contributed by atoms with E-state index >= 15 is 0 Å². The number of carbonyl (C=O) groups is 4. The van der Waals surface area contributed by atoms with Gasteiger partial charge in [0.15, 0.2) is 5.78 Å². The summed E-state index contributed by atoms with van der Waals surface area (Å²) in [5, 5.41) is 0. The minimum Gasteiger partial charge on any atom is -0.464 e. The summed E-state index contributed by atoms with van der Waals surface area (Å²) in [7, 11) is -2.31. The first-order valence-electron chi connectivity index (χ1n) is 14.6. The molecular formula is C32H42N2O9S. The lowest BCUT2D eigenvalue weighted by Gasteiger charge is -2.30. The van der Waals surface area contributed by atoms with Gasteiger partial charge in [-0.3, -0.25) is 14.4 Å². The molecule has 0 aromatic heterocycles. The van der Waals surface area contributed by atoms with Crippen LogP contribution in [0.1, 0.15) is 57.6 Å². The zero-order valence-corrected chi connectivity index (χ0v) is 26.8. The fourth-order valence-electron chi connectivity index (χ4n) is 5.33. The average Bonchev–Trinajstić information content (AvgIpc) is 3.45. The molecule has 0 bridgehead atoms. The molecule has 0 aliphatic carbocycles. The van der Waals surface area contributed by atoms with Gasteiger partial charge in [-0.05, 0) is 82.2 Å². The van der Waals surface area contributed by atoms with E-state index in [9.17, 15) is 27.6 Å².